The molecule has 1 fully saturated rings. The molecular formula is C29H27Cl2F3N2O3S. The van der Waals surface area contributed by atoms with Gasteiger partial charge in [-0.05, 0) is 29.3 Å². The van der Waals surface area contributed by atoms with E-state index in [0.29, 0.717) is 23.2 Å². The minimum atomic E-state index is -4.80. The second-order valence-electron chi connectivity index (χ2n) is 9.82. The van der Waals surface area contributed by atoms with E-state index in [1.54, 1.807) is 19.3 Å². The molecule has 0 N–H and O–H groups in total. The fraction of sp³-hybridized carbons (Fsp3) is 0.310. The van der Waals surface area contributed by atoms with Crippen molar-refractivity contribution in [1.82, 2.24) is 9.21 Å². The Morgan fingerprint density at radius 1 is 0.950 bits per heavy atom. The predicted octanol–water partition coefficient (Wildman–Crippen LogP) is 6.72. The van der Waals surface area contributed by atoms with Crippen LogP contribution in [0.4, 0.5) is 13.2 Å². The molecule has 2 heterocycles. The van der Waals surface area contributed by atoms with Crippen LogP contribution >= 0.6 is 23.2 Å². The van der Waals surface area contributed by atoms with Crippen LogP contribution in [0.3, 0.4) is 0 Å². The molecule has 40 heavy (non-hydrogen) atoms. The first-order valence-corrected chi connectivity index (χ1v) is 14.8. The highest BCUT2D eigenvalue weighted by Gasteiger charge is 2.50. The van der Waals surface area contributed by atoms with Gasteiger partial charge < -0.3 is 4.74 Å². The largest absolute Gasteiger partial charge is 0.417 e. The lowest BCUT2D eigenvalue weighted by atomic mass is 9.74. The third kappa shape index (κ3) is 5.43. The first kappa shape index (κ1) is 29.1. The fourth-order valence-corrected chi connectivity index (χ4v) is 7.69. The number of hydrogen-bond acceptors (Lipinski definition) is 4. The van der Waals surface area contributed by atoms with E-state index in [1.165, 1.54) is 12.1 Å². The number of hydrogen-bond donors (Lipinski definition) is 0. The summed E-state index contributed by atoms with van der Waals surface area (Å²) >= 11 is 12.6. The van der Waals surface area contributed by atoms with E-state index in [0.717, 1.165) is 33.1 Å². The highest BCUT2D eigenvalue weighted by atomic mass is 35.5. The average molecular weight is 612 g/mol. The van der Waals surface area contributed by atoms with Crippen molar-refractivity contribution in [3.63, 3.8) is 0 Å². The number of ether oxygens (including phenoxy) is 1. The van der Waals surface area contributed by atoms with Gasteiger partial charge in [0.25, 0.3) is 0 Å². The van der Waals surface area contributed by atoms with Gasteiger partial charge in [0.1, 0.15) is 0 Å². The van der Waals surface area contributed by atoms with Crippen molar-refractivity contribution in [3.8, 4) is 11.1 Å². The Kier molecular flexibility index (Phi) is 8.34. The maximum absolute atomic E-state index is 13.7. The zero-order valence-electron chi connectivity index (χ0n) is 21.5. The molecule has 2 aliphatic heterocycles. The second-order valence-corrected chi connectivity index (χ2v) is 12.5. The van der Waals surface area contributed by atoms with Crippen LogP contribution in [0.2, 0.25) is 10.0 Å². The van der Waals surface area contributed by atoms with E-state index in [9.17, 15) is 21.6 Å². The number of benzene rings is 3. The Bertz CT molecular complexity index is 1510. The number of methoxy groups -OCH3 is 1. The van der Waals surface area contributed by atoms with Crippen molar-refractivity contribution in [3.05, 3.63) is 100 Å². The lowest BCUT2D eigenvalue weighted by Gasteiger charge is -2.56. The maximum Gasteiger partial charge on any atom is 0.417 e. The predicted molar refractivity (Wildman–Crippen MR) is 150 cm³/mol. The average Bonchev–Trinajstić information content (AvgIpc) is 2.91. The monoisotopic (exact) mass is 610 g/mol. The molecule has 0 amide bonds. The van der Waals surface area contributed by atoms with Gasteiger partial charge >= 0.3 is 6.18 Å². The van der Waals surface area contributed by atoms with Crippen molar-refractivity contribution < 1.29 is 26.3 Å². The van der Waals surface area contributed by atoms with Gasteiger partial charge in [-0.2, -0.15) is 17.5 Å². The lowest BCUT2D eigenvalue weighted by molar-refractivity contribution is -0.139. The van der Waals surface area contributed by atoms with Crippen LogP contribution in [0.25, 0.3) is 11.1 Å². The Morgan fingerprint density at radius 3 is 2.35 bits per heavy atom. The number of alkyl halides is 3. The van der Waals surface area contributed by atoms with E-state index in [4.69, 9.17) is 27.9 Å². The summed E-state index contributed by atoms with van der Waals surface area (Å²) in [6, 6.07) is 17.3. The van der Waals surface area contributed by atoms with Gasteiger partial charge in [0.2, 0.25) is 10.0 Å². The smallest absolute Gasteiger partial charge is 0.383 e. The van der Waals surface area contributed by atoms with Crippen molar-refractivity contribution in [2.75, 3.05) is 33.4 Å². The Hall–Kier alpha value is -2.40. The molecule has 3 aromatic carbocycles. The van der Waals surface area contributed by atoms with Gasteiger partial charge in [-0.25, -0.2) is 8.42 Å². The van der Waals surface area contributed by atoms with Gasteiger partial charge in [0.05, 0.1) is 27.1 Å². The molecule has 2 aliphatic rings. The van der Waals surface area contributed by atoms with E-state index in [2.05, 4.69) is 4.90 Å². The zero-order chi connectivity index (χ0) is 28.7. The molecule has 0 aliphatic carbocycles. The van der Waals surface area contributed by atoms with Crippen molar-refractivity contribution >= 4 is 33.2 Å². The highest BCUT2D eigenvalue weighted by Crippen LogP contribution is 2.44. The number of halogens is 5. The lowest BCUT2D eigenvalue weighted by Crippen LogP contribution is -2.67. The van der Waals surface area contributed by atoms with Gasteiger partial charge in [-0.1, -0.05) is 83.9 Å². The molecule has 0 radical (unpaired) electrons. The van der Waals surface area contributed by atoms with E-state index in [-0.39, 0.29) is 31.1 Å². The van der Waals surface area contributed by atoms with E-state index < -0.39 is 26.7 Å². The maximum atomic E-state index is 13.7. The molecule has 1 saturated heterocycles. The molecule has 1 unspecified atom stereocenters. The molecule has 11 heteroatoms. The van der Waals surface area contributed by atoms with Crippen LogP contribution < -0.4 is 0 Å². The van der Waals surface area contributed by atoms with Crippen LogP contribution in [-0.4, -0.2) is 63.1 Å². The Labute approximate surface area is 241 Å². The third-order valence-corrected chi connectivity index (χ3v) is 10.3. The number of fused-ring (bicyclic) bond motifs is 1. The second kappa shape index (κ2) is 11.5. The topological polar surface area (TPSA) is 49.9 Å². The van der Waals surface area contributed by atoms with E-state index >= 15 is 0 Å². The van der Waals surface area contributed by atoms with Crippen LogP contribution in [0.15, 0.2) is 83.8 Å². The molecule has 212 valence electrons. The van der Waals surface area contributed by atoms with Crippen LogP contribution in [0, 0.1) is 0 Å². The highest BCUT2D eigenvalue weighted by molar-refractivity contribution is 7.89. The molecule has 3 atom stereocenters. The number of nitrogens with zero attached hydrogens (tertiary/aromatic N) is 2. The first-order chi connectivity index (χ1) is 19.0. The molecule has 0 bridgehead atoms. The summed E-state index contributed by atoms with van der Waals surface area (Å²) in [7, 11) is -2.84. The number of rotatable bonds is 6. The third-order valence-electron chi connectivity index (χ3n) is 7.57. The summed E-state index contributed by atoms with van der Waals surface area (Å²) < 4.78 is 75.1. The zero-order valence-corrected chi connectivity index (χ0v) is 23.8. The van der Waals surface area contributed by atoms with Crippen molar-refractivity contribution in [2.24, 2.45) is 0 Å². The molecule has 0 spiro atoms. The van der Waals surface area contributed by atoms with Crippen molar-refractivity contribution in [2.45, 2.75) is 29.1 Å². The summed E-state index contributed by atoms with van der Waals surface area (Å²) in [5, 5.41) is 0.907. The quantitative estimate of drug-likeness (QED) is 0.291. The van der Waals surface area contributed by atoms with Gasteiger partial charge in [-0.3, -0.25) is 4.90 Å². The number of sulfonamides is 1. The summed E-state index contributed by atoms with van der Waals surface area (Å²) in [6.07, 6.45) is -1.26. The van der Waals surface area contributed by atoms with Gasteiger partial charge in [0, 0.05) is 50.3 Å². The standard InChI is InChI=1S/C29H27Cl2F3N2O3S/c1-39-18-25-27(20-13-11-19(12-14-20)21-7-6-9-23(30)28(21)31)24-17-35(15-4-5-16-36(24)25)40(37,38)26-10-3-2-8-22(26)29(32,33)34/h2-14,24-25,27H,15-18H2,1H3/b5-4-/t24-,25+,27?/m0/s1. The van der Waals surface area contributed by atoms with Gasteiger partial charge in [0.15, 0.2) is 0 Å². The summed E-state index contributed by atoms with van der Waals surface area (Å²) in [5.74, 6) is -0.106. The molecule has 5 rings (SSSR count). The fourth-order valence-electron chi connectivity index (χ4n) is 5.66. The van der Waals surface area contributed by atoms with Crippen LogP contribution in [-0.2, 0) is 20.9 Å². The molecular weight excluding hydrogens is 584 g/mol. The normalized spacial score (nSPS) is 23.1. The SMILES string of the molecule is COC[C@@H]1C(c2ccc(-c3cccc(Cl)c3Cl)cc2)[C@@H]2CN(S(=O)(=O)c3ccccc3C(F)(F)F)C/C=C\CN12. The minimum absolute atomic E-state index is 0.0211. The summed E-state index contributed by atoms with van der Waals surface area (Å²) in [6.45, 7) is 1.01. The van der Waals surface area contributed by atoms with Crippen LogP contribution in [0.5, 0.6) is 0 Å². The molecule has 3 aromatic rings. The minimum Gasteiger partial charge on any atom is -0.383 e. The summed E-state index contributed by atoms with van der Waals surface area (Å²) in [5.41, 5.74) is 1.48. The molecule has 5 nitrogen and oxygen atoms in total. The Morgan fingerprint density at radius 2 is 1.65 bits per heavy atom. The molecule has 0 saturated carbocycles. The van der Waals surface area contributed by atoms with Gasteiger partial charge in [-0.15, -0.1) is 0 Å². The first-order valence-electron chi connectivity index (χ1n) is 12.6. The summed E-state index contributed by atoms with van der Waals surface area (Å²) in [4.78, 5) is 1.40. The van der Waals surface area contributed by atoms with Crippen molar-refractivity contribution in [1.29, 1.82) is 0 Å². The Balaban J connectivity index is 1.48. The van der Waals surface area contributed by atoms with E-state index in [1.807, 2.05) is 42.5 Å². The molecule has 0 aromatic heterocycles. The van der Waals surface area contributed by atoms with Crippen LogP contribution in [0.1, 0.15) is 17.0 Å².